The molecule has 0 aliphatic carbocycles. The van der Waals surface area contributed by atoms with Crippen LogP contribution < -0.4 is 10.6 Å². The van der Waals surface area contributed by atoms with Crippen molar-refractivity contribution in [3.63, 3.8) is 0 Å². The summed E-state index contributed by atoms with van der Waals surface area (Å²) in [5.41, 5.74) is 0. The lowest BCUT2D eigenvalue weighted by Gasteiger charge is -2.11. The maximum Gasteiger partial charge on any atom is 0.0192 e. The van der Waals surface area contributed by atoms with Gasteiger partial charge in [0.15, 0.2) is 0 Å². The molecule has 0 aromatic heterocycles. The van der Waals surface area contributed by atoms with Crippen LogP contribution in [0.1, 0.15) is 58.8 Å². The lowest BCUT2D eigenvalue weighted by molar-refractivity contribution is 0.496. The standard InChI is InChI=1S/C14H30N2/c1-13(2)8-5-3-4-6-10-15-12-14-9-7-11-16-14/h13-16H,3-12H2,1-2H3. The largest absolute Gasteiger partial charge is 0.315 e. The fourth-order valence-electron chi connectivity index (χ4n) is 2.36. The Hall–Kier alpha value is -0.0800. The molecule has 0 saturated carbocycles. The van der Waals surface area contributed by atoms with Gasteiger partial charge in [-0.3, -0.25) is 0 Å². The molecule has 1 aliphatic rings. The van der Waals surface area contributed by atoms with Gasteiger partial charge in [0.1, 0.15) is 0 Å². The van der Waals surface area contributed by atoms with E-state index in [9.17, 15) is 0 Å². The summed E-state index contributed by atoms with van der Waals surface area (Å²) < 4.78 is 0. The second-order valence-corrected chi connectivity index (χ2v) is 5.59. The van der Waals surface area contributed by atoms with Gasteiger partial charge in [0.05, 0.1) is 0 Å². The van der Waals surface area contributed by atoms with E-state index < -0.39 is 0 Å². The number of hydrogen-bond donors (Lipinski definition) is 2. The van der Waals surface area contributed by atoms with Gasteiger partial charge in [0.25, 0.3) is 0 Å². The molecule has 96 valence electrons. The monoisotopic (exact) mass is 226 g/mol. The van der Waals surface area contributed by atoms with Gasteiger partial charge < -0.3 is 10.6 Å². The summed E-state index contributed by atoms with van der Waals surface area (Å²) in [5, 5.41) is 7.08. The van der Waals surface area contributed by atoms with E-state index in [0.29, 0.717) is 0 Å². The van der Waals surface area contributed by atoms with Crippen molar-refractivity contribution in [1.29, 1.82) is 0 Å². The predicted octanol–water partition coefficient (Wildman–Crippen LogP) is 2.93. The first-order chi connectivity index (χ1) is 7.79. The first-order valence-electron chi connectivity index (χ1n) is 7.23. The summed E-state index contributed by atoms with van der Waals surface area (Å²) in [6, 6.07) is 0.751. The summed E-state index contributed by atoms with van der Waals surface area (Å²) in [7, 11) is 0. The topological polar surface area (TPSA) is 24.1 Å². The number of unbranched alkanes of at least 4 members (excludes halogenated alkanes) is 3. The highest BCUT2D eigenvalue weighted by Crippen LogP contribution is 2.09. The predicted molar refractivity (Wildman–Crippen MR) is 71.8 cm³/mol. The fraction of sp³-hybridized carbons (Fsp3) is 1.00. The zero-order valence-electron chi connectivity index (χ0n) is 11.2. The van der Waals surface area contributed by atoms with E-state index in [2.05, 4.69) is 24.5 Å². The van der Waals surface area contributed by atoms with Crippen LogP contribution in [0.4, 0.5) is 0 Å². The molecule has 0 bridgehead atoms. The zero-order valence-corrected chi connectivity index (χ0v) is 11.2. The molecule has 2 heteroatoms. The third-order valence-electron chi connectivity index (χ3n) is 3.44. The van der Waals surface area contributed by atoms with E-state index in [4.69, 9.17) is 0 Å². The van der Waals surface area contributed by atoms with Crippen LogP contribution in [0.15, 0.2) is 0 Å². The number of nitrogens with one attached hydrogen (secondary N) is 2. The minimum Gasteiger partial charge on any atom is -0.315 e. The van der Waals surface area contributed by atoms with Crippen molar-refractivity contribution in [2.45, 2.75) is 64.8 Å². The quantitative estimate of drug-likeness (QED) is 0.591. The molecule has 1 fully saturated rings. The molecule has 0 amide bonds. The molecule has 16 heavy (non-hydrogen) atoms. The highest BCUT2D eigenvalue weighted by Gasteiger charge is 2.12. The molecule has 2 N–H and O–H groups in total. The van der Waals surface area contributed by atoms with Crippen LogP contribution in [-0.4, -0.2) is 25.7 Å². The molecule has 0 aromatic carbocycles. The van der Waals surface area contributed by atoms with Crippen LogP contribution in [0.5, 0.6) is 0 Å². The van der Waals surface area contributed by atoms with E-state index >= 15 is 0 Å². The number of rotatable bonds is 9. The minimum atomic E-state index is 0.751. The molecule has 1 unspecified atom stereocenters. The first kappa shape index (κ1) is 14.0. The van der Waals surface area contributed by atoms with Gasteiger partial charge in [-0.2, -0.15) is 0 Å². The Labute approximate surface area is 102 Å². The number of hydrogen-bond acceptors (Lipinski definition) is 2. The molecule has 1 rings (SSSR count). The summed E-state index contributed by atoms with van der Waals surface area (Å²) in [6.45, 7) is 8.24. The average molecular weight is 226 g/mol. The van der Waals surface area contributed by atoms with Crippen molar-refractivity contribution in [2.24, 2.45) is 5.92 Å². The molecular weight excluding hydrogens is 196 g/mol. The Morgan fingerprint density at radius 3 is 2.69 bits per heavy atom. The Morgan fingerprint density at radius 2 is 2.00 bits per heavy atom. The van der Waals surface area contributed by atoms with Gasteiger partial charge in [0, 0.05) is 12.6 Å². The fourth-order valence-corrected chi connectivity index (χ4v) is 2.36. The van der Waals surface area contributed by atoms with E-state index in [1.807, 2.05) is 0 Å². The Bertz CT molecular complexity index is 151. The SMILES string of the molecule is CC(C)CCCCCCNCC1CCCN1. The van der Waals surface area contributed by atoms with E-state index in [-0.39, 0.29) is 0 Å². The molecule has 2 nitrogen and oxygen atoms in total. The van der Waals surface area contributed by atoms with Crippen LogP contribution in [0, 0.1) is 5.92 Å². The Morgan fingerprint density at radius 1 is 1.19 bits per heavy atom. The van der Waals surface area contributed by atoms with Crippen molar-refractivity contribution in [2.75, 3.05) is 19.6 Å². The molecule has 0 radical (unpaired) electrons. The third-order valence-corrected chi connectivity index (χ3v) is 3.44. The van der Waals surface area contributed by atoms with Crippen LogP contribution in [0.25, 0.3) is 0 Å². The lowest BCUT2D eigenvalue weighted by Crippen LogP contribution is -2.34. The highest BCUT2D eigenvalue weighted by molar-refractivity contribution is 4.75. The Balaban J connectivity index is 1.74. The smallest absolute Gasteiger partial charge is 0.0192 e. The highest BCUT2D eigenvalue weighted by atomic mass is 15.0. The van der Waals surface area contributed by atoms with Gasteiger partial charge in [-0.15, -0.1) is 0 Å². The lowest BCUT2D eigenvalue weighted by atomic mass is 10.0. The molecule has 1 aliphatic heterocycles. The van der Waals surface area contributed by atoms with Crippen LogP contribution >= 0.6 is 0 Å². The second kappa shape index (κ2) is 9.00. The zero-order chi connectivity index (χ0) is 11.6. The molecule has 1 heterocycles. The van der Waals surface area contributed by atoms with Gasteiger partial charge in [0.2, 0.25) is 0 Å². The van der Waals surface area contributed by atoms with Gasteiger partial charge >= 0.3 is 0 Å². The van der Waals surface area contributed by atoms with Crippen molar-refractivity contribution in [3.8, 4) is 0 Å². The average Bonchev–Trinajstić information content (AvgIpc) is 2.74. The van der Waals surface area contributed by atoms with Crippen LogP contribution in [-0.2, 0) is 0 Å². The van der Waals surface area contributed by atoms with E-state index in [1.54, 1.807) is 0 Å². The molecule has 1 saturated heterocycles. The summed E-state index contributed by atoms with van der Waals surface area (Å²) in [4.78, 5) is 0. The van der Waals surface area contributed by atoms with Crippen LogP contribution in [0.3, 0.4) is 0 Å². The van der Waals surface area contributed by atoms with E-state index in [1.165, 1.54) is 64.6 Å². The van der Waals surface area contributed by atoms with E-state index in [0.717, 1.165) is 12.0 Å². The normalized spacial score (nSPS) is 20.8. The molecule has 0 spiro atoms. The second-order valence-electron chi connectivity index (χ2n) is 5.59. The van der Waals surface area contributed by atoms with Crippen molar-refractivity contribution >= 4 is 0 Å². The summed E-state index contributed by atoms with van der Waals surface area (Å²) >= 11 is 0. The van der Waals surface area contributed by atoms with Gasteiger partial charge in [-0.25, -0.2) is 0 Å². The first-order valence-corrected chi connectivity index (χ1v) is 7.23. The summed E-state index contributed by atoms with van der Waals surface area (Å²) in [5.74, 6) is 0.881. The minimum absolute atomic E-state index is 0.751. The van der Waals surface area contributed by atoms with Crippen molar-refractivity contribution < 1.29 is 0 Å². The molecule has 1 atom stereocenters. The van der Waals surface area contributed by atoms with Crippen molar-refractivity contribution in [3.05, 3.63) is 0 Å². The van der Waals surface area contributed by atoms with Gasteiger partial charge in [-0.05, 0) is 38.3 Å². The van der Waals surface area contributed by atoms with Gasteiger partial charge in [-0.1, -0.05) is 39.5 Å². The van der Waals surface area contributed by atoms with Crippen LogP contribution in [0.2, 0.25) is 0 Å². The maximum absolute atomic E-state index is 3.56. The Kier molecular flexibility index (Phi) is 7.87. The molecule has 0 aromatic rings. The maximum atomic E-state index is 3.56. The third kappa shape index (κ3) is 7.24. The molecular formula is C14H30N2. The van der Waals surface area contributed by atoms with Crippen molar-refractivity contribution in [1.82, 2.24) is 10.6 Å². The summed E-state index contributed by atoms with van der Waals surface area (Å²) in [6.07, 6.45) is 9.72.